The van der Waals surface area contributed by atoms with E-state index in [4.69, 9.17) is 6.42 Å². The van der Waals surface area contributed by atoms with Crippen LogP contribution >= 0.6 is 0 Å². The van der Waals surface area contributed by atoms with Crippen molar-refractivity contribution in [3.63, 3.8) is 0 Å². The van der Waals surface area contributed by atoms with Crippen molar-refractivity contribution < 1.29 is 13.2 Å². The number of carbonyl (C=O) groups is 1. The maximum Gasteiger partial charge on any atom is 0.234 e. The van der Waals surface area contributed by atoms with Crippen LogP contribution in [-0.4, -0.2) is 46.8 Å². The van der Waals surface area contributed by atoms with Crippen LogP contribution in [-0.2, 0) is 14.8 Å². The Balaban J connectivity index is 3.44. The molecule has 0 aromatic rings. The molecular formula is C8H15N3O3S. The Morgan fingerprint density at radius 2 is 2.07 bits per heavy atom. The van der Waals surface area contributed by atoms with Gasteiger partial charge in [0.15, 0.2) is 0 Å². The predicted molar refractivity (Wildman–Crippen MR) is 57.6 cm³/mol. The fraction of sp³-hybridized carbons (Fsp3) is 0.625. The lowest BCUT2D eigenvalue weighted by molar-refractivity contribution is -0.120. The molecule has 6 nitrogen and oxygen atoms in total. The molecule has 7 heteroatoms. The Hall–Kier alpha value is -1.10. The number of amides is 1. The summed E-state index contributed by atoms with van der Waals surface area (Å²) in [7, 11) is -3.19. The molecule has 86 valence electrons. The van der Waals surface area contributed by atoms with Crippen LogP contribution in [0.3, 0.4) is 0 Å². The highest BCUT2D eigenvalue weighted by Gasteiger charge is 2.01. The Kier molecular flexibility index (Phi) is 6.70. The SMILES string of the molecule is C#CCNCC(=O)NCCNS(C)(=O)=O. The molecule has 0 spiro atoms. The molecule has 0 rings (SSSR count). The lowest BCUT2D eigenvalue weighted by Crippen LogP contribution is -2.38. The van der Waals surface area contributed by atoms with Crippen LogP contribution in [0.15, 0.2) is 0 Å². The van der Waals surface area contributed by atoms with Crippen molar-refractivity contribution in [2.75, 3.05) is 32.4 Å². The van der Waals surface area contributed by atoms with Crippen molar-refractivity contribution in [1.29, 1.82) is 0 Å². The number of hydrogen-bond acceptors (Lipinski definition) is 4. The van der Waals surface area contributed by atoms with Gasteiger partial charge in [-0.25, -0.2) is 13.1 Å². The van der Waals surface area contributed by atoms with Crippen molar-refractivity contribution in [1.82, 2.24) is 15.4 Å². The largest absolute Gasteiger partial charge is 0.354 e. The number of nitrogens with one attached hydrogen (secondary N) is 3. The molecule has 15 heavy (non-hydrogen) atoms. The van der Waals surface area contributed by atoms with Crippen molar-refractivity contribution in [2.45, 2.75) is 0 Å². The number of sulfonamides is 1. The van der Waals surface area contributed by atoms with Crippen LogP contribution in [0, 0.1) is 12.3 Å². The summed E-state index contributed by atoms with van der Waals surface area (Å²) in [4.78, 5) is 11.0. The number of carbonyl (C=O) groups excluding carboxylic acids is 1. The minimum atomic E-state index is -3.19. The predicted octanol–water partition coefficient (Wildman–Crippen LogP) is -2.13. The van der Waals surface area contributed by atoms with E-state index in [1.54, 1.807) is 0 Å². The fourth-order valence-electron chi connectivity index (χ4n) is 0.749. The third-order valence-corrected chi connectivity index (χ3v) is 2.05. The zero-order chi connectivity index (χ0) is 11.7. The molecule has 0 saturated heterocycles. The zero-order valence-corrected chi connectivity index (χ0v) is 9.36. The minimum Gasteiger partial charge on any atom is -0.354 e. The van der Waals surface area contributed by atoms with Gasteiger partial charge in [0.1, 0.15) is 0 Å². The normalized spacial score (nSPS) is 10.7. The highest BCUT2D eigenvalue weighted by molar-refractivity contribution is 7.88. The van der Waals surface area contributed by atoms with Crippen LogP contribution in [0.4, 0.5) is 0 Å². The summed E-state index contributed by atoms with van der Waals surface area (Å²) >= 11 is 0. The molecular weight excluding hydrogens is 218 g/mol. The van der Waals surface area contributed by atoms with Crippen molar-refractivity contribution in [3.05, 3.63) is 0 Å². The molecule has 0 heterocycles. The van der Waals surface area contributed by atoms with Gasteiger partial charge in [-0.15, -0.1) is 6.42 Å². The summed E-state index contributed by atoms with van der Waals surface area (Å²) in [5.74, 6) is 2.11. The second kappa shape index (κ2) is 7.23. The molecule has 0 atom stereocenters. The first-order valence-corrected chi connectivity index (χ1v) is 6.20. The first-order valence-electron chi connectivity index (χ1n) is 4.31. The molecule has 0 fully saturated rings. The second-order valence-corrected chi connectivity index (χ2v) is 4.66. The smallest absolute Gasteiger partial charge is 0.234 e. The van der Waals surface area contributed by atoms with Crippen molar-refractivity contribution >= 4 is 15.9 Å². The van der Waals surface area contributed by atoms with Gasteiger partial charge in [-0.1, -0.05) is 5.92 Å². The van der Waals surface area contributed by atoms with Crippen molar-refractivity contribution in [3.8, 4) is 12.3 Å². The van der Waals surface area contributed by atoms with Crippen LogP contribution < -0.4 is 15.4 Å². The summed E-state index contributed by atoms with van der Waals surface area (Å²) < 4.78 is 23.5. The number of terminal acetylenes is 1. The van der Waals surface area contributed by atoms with Crippen LogP contribution in [0.25, 0.3) is 0 Å². The Morgan fingerprint density at radius 3 is 2.60 bits per heavy atom. The van der Waals surface area contributed by atoms with E-state index in [0.717, 1.165) is 6.26 Å². The molecule has 1 amide bonds. The molecule has 0 unspecified atom stereocenters. The van der Waals surface area contributed by atoms with E-state index in [-0.39, 0.29) is 25.5 Å². The quantitative estimate of drug-likeness (QED) is 0.346. The van der Waals surface area contributed by atoms with Gasteiger partial charge in [0.05, 0.1) is 19.3 Å². The third-order valence-electron chi connectivity index (χ3n) is 1.32. The molecule has 0 aliphatic rings. The molecule has 0 saturated carbocycles. The van der Waals surface area contributed by atoms with Crippen LogP contribution in [0.1, 0.15) is 0 Å². The third kappa shape index (κ3) is 10.8. The van der Waals surface area contributed by atoms with Gasteiger partial charge in [0, 0.05) is 13.1 Å². The van der Waals surface area contributed by atoms with Gasteiger partial charge >= 0.3 is 0 Å². The van der Waals surface area contributed by atoms with Gasteiger partial charge < -0.3 is 5.32 Å². The average Bonchev–Trinajstić information content (AvgIpc) is 2.11. The van der Waals surface area contributed by atoms with Crippen LogP contribution in [0.2, 0.25) is 0 Å². The van der Waals surface area contributed by atoms with Gasteiger partial charge in [-0.05, 0) is 0 Å². The second-order valence-electron chi connectivity index (χ2n) is 2.82. The van der Waals surface area contributed by atoms with Gasteiger partial charge in [-0.2, -0.15) is 0 Å². The molecule has 0 aromatic carbocycles. The van der Waals surface area contributed by atoms with E-state index in [0.29, 0.717) is 6.54 Å². The highest BCUT2D eigenvalue weighted by Crippen LogP contribution is 1.71. The maximum absolute atomic E-state index is 11.0. The van der Waals surface area contributed by atoms with Gasteiger partial charge in [0.2, 0.25) is 15.9 Å². The topological polar surface area (TPSA) is 87.3 Å². The van der Waals surface area contributed by atoms with Gasteiger partial charge in [-0.3, -0.25) is 10.1 Å². The lowest BCUT2D eigenvalue weighted by atomic mass is 10.5. The summed E-state index contributed by atoms with van der Waals surface area (Å²) in [6, 6.07) is 0. The Labute approximate surface area is 89.9 Å². The standard InChI is InChI=1S/C8H15N3O3S/c1-3-4-9-7-8(12)10-5-6-11-15(2,13)14/h1,9,11H,4-7H2,2H3,(H,10,12). The first kappa shape index (κ1) is 13.9. The number of hydrogen-bond donors (Lipinski definition) is 3. The van der Waals surface area contributed by atoms with Gasteiger partial charge in [0.25, 0.3) is 0 Å². The van der Waals surface area contributed by atoms with E-state index in [2.05, 4.69) is 21.3 Å². The fourth-order valence-corrected chi connectivity index (χ4v) is 1.22. The number of rotatable bonds is 7. The van der Waals surface area contributed by atoms with E-state index in [1.165, 1.54) is 0 Å². The molecule has 0 aliphatic carbocycles. The van der Waals surface area contributed by atoms with E-state index in [9.17, 15) is 13.2 Å². The van der Waals surface area contributed by atoms with E-state index >= 15 is 0 Å². The molecule has 0 aliphatic heterocycles. The van der Waals surface area contributed by atoms with E-state index < -0.39 is 10.0 Å². The minimum absolute atomic E-state index is 0.128. The summed E-state index contributed by atoms with van der Waals surface area (Å²) in [5.41, 5.74) is 0. The Bertz CT molecular complexity index is 332. The molecule has 0 bridgehead atoms. The van der Waals surface area contributed by atoms with Crippen LogP contribution in [0.5, 0.6) is 0 Å². The first-order chi connectivity index (χ1) is 6.95. The molecule has 0 aromatic heterocycles. The van der Waals surface area contributed by atoms with E-state index in [1.807, 2.05) is 0 Å². The molecule has 3 N–H and O–H groups in total. The lowest BCUT2D eigenvalue weighted by Gasteiger charge is -2.05. The summed E-state index contributed by atoms with van der Waals surface area (Å²) in [6.07, 6.45) is 6.02. The molecule has 0 radical (unpaired) electrons. The summed E-state index contributed by atoms with van der Waals surface area (Å²) in [6.45, 7) is 0.890. The van der Waals surface area contributed by atoms with Crippen molar-refractivity contribution in [2.24, 2.45) is 0 Å². The summed E-state index contributed by atoms with van der Waals surface area (Å²) in [5, 5.41) is 5.22. The monoisotopic (exact) mass is 233 g/mol. The average molecular weight is 233 g/mol. The zero-order valence-electron chi connectivity index (χ0n) is 8.54. The maximum atomic E-state index is 11.0. The Morgan fingerprint density at radius 1 is 1.40 bits per heavy atom. The highest BCUT2D eigenvalue weighted by atomic mass is 32.2.